The molecule has 0 bridgehead atoms. The lowest BCUT2D eigenvalue weighted by Gasteiger charge is -2.31. The van der Waals surface area contributed by atoms with Crippen LogP contribution in [0.25, 0.3) is 0 Å². The zero-order valence-electron chi connectivity index (χ0n) is 13.8. The lowest BCUT2D eigenvalue weighted by atomic mass is 9.95. The summed E-state index contributed by atoms with van der Waals surface area (Å²) < 4.78 is 13.3. The van der Waals surface area contributed by atoms with Crippen molar-refractivity contribution in [2.75, 3.05) is 19.8 Å². The van der Waals surface area contributed by atoms with Crippen LogP contribution < -0.4 is 0 Å². The maximum atomic E-state index is 6.00. The van der Waals surface area contributed by atoms with Crippen LogP contribution in [0.4, 0.5) is 0 Å². The highest BCUT2D eigenvalue weighted by Gasteiger charge is 2.29. The molecule has 1 fully saturated rings. The Balaban J connectivity index is 1.46. The van der Waals surface area contributed by atoms with Gasteiger partial charge in [0.25, 0.3) is 0 Å². The predicted octanol–water partition coefficient (Wildman–Crippen LogP) is 3.02. The van der Waals surface area contributed by atoms with Crippen LogP contribution in [0.1, 0.15) is 42.5 Å². The molecule has 23 heavy (non-hydrogen) atoms. The second kappa shape index (κ2) is 6.49. The molecule has 1 aliphatic carbocycles. The van der Waals surface area contributed by atoms with E-state index in [-0.39, 0.29) is 0 Å². The largest absolute Gasteiger partial charge is 0.472 e. The molecule has 2 aromatic heterocycles. The summed E-state index contributed by atoms with van der Waals surface area (Å²) >= 11 is 0. The van der Waals surface area contributed by atoms with Crippen molar-refractivity contribution in [1.29, 1.82) is 0 Å². The molecule has 0 N–H and O–H groups in total. The standard InChI is InChI=1S/C18H25N3O2/c1-2-21-9-17-16(13-23-11-14-3-4-14)8-20(10-18(17)19-21)7-15-5-6-22-12-15/h5-6,9,12,14,16H,2-4,7-8,10-11,13H2,1H3/t16-/m1/s1. The average molecular weight is 315 g/mol. The molecule has 0 spiro atoms. The molecule has 2 aromatic rings. The summed E-state index contributed by atoms with van der Waals surface area (Å²) in [5.41, 5.74) is 3.81. The molecule has 1 aliphatic heterocycles. The molecule has 124 valence electrons. The van der Waals surface area contributed by atoms with Gasteiger partial charge in [-0.2, -0.15) is 5.10 Å². The number of furan rings is 1. The van der Waals surface area contributed by atoms with Gasteiger partial charge in [-0.25, -0.2) is 0 Å². The SMILES string of the molecule is CCn1cc2c(n1)CN(Cc1ccoc1)C[C@@H]2COCC1CC1. The summed E-state index contributed by atoms with van der Waals surface area (Å²) in [7, 11) is 0. The third kappa shape index (κ3) is 3.51. The minimum Gasteiger partial charge on any atom is -0.472 e. The molecule has 5 nitrogen and oxygen atoms in total. The second-order valence-electron chi connectivity index (χ2n) is 6.87. The first-order valence-electron chi connectivity index (χ1n) is 8.69. The number of nitrogens with zero attached hydrogens (tertiary/aromatic N) is 3. The van der Waals surface area contributed by atoms with Crippen LogP contribution >= 0.6 is 0 Å². The highest BCUT2D eigenvalue weighted by atomic mass is 16.5. The van der Waals surface area contributed by atoms with Crippen LogP contribution in [0.5, 0.6) is 0 Å². The van der Waals surface area contributed by atoms with Gasteiger partial charge < -0.3 is 9.15 Å². The quantitative estimate of drug-likeness (QED) is 0.788. The molecule has 2 aliphatic rings. The molecule has 3 heterocycles. The fraction of sp³-hybridized carbons (Fsp3) is 0.611. The average Bonchev–Trinajstić information content (AvgIpc) is 3.06. The van der Waals surface area contributed by atoms with Crippen molar-refractivity contribution in [1.82, 2.24) is 14.7 Å². The van der Waals surface area contributed by atoms with E-state index >= 15 is 0 Å². The van der Waals surface area contributed by atoms with Crippen LogP contribution in [-0.2, 0) is 24.4 Å². The van der Waals surface area contributed by atoms with Gasteiger partial charge in [0.15, 0.2) is 0 Å². The number of hydrogen-bond donors (Lipinski definition) is 0. The highest BCUT2D eigenvalue weighted by Crippen LogP contribution is 2.31. The zero-order valence-corrected chi connectivity index (χ0v) is 13.8. The van der Waals surface area contributed by atoms with Crippen LogP contribution in [-0.4, -0.2) is 34.4 Å². The normalized spacial score (nSPS) is 21.5. The number of hydrogen-bond acceptors (Lipinski definition) is 4. The van der Waals surface area contributed by atoms with Gasteiger partial charge in [0.2, 0.25) is 0 Å². The van der Waals surface area contributed by atoms with Gasteiger partial charge in [-0.15, -0.1) is 0 Å². The number of aryl methyl sites for hydroxylation is 1. The maximum absolute atomic E-state index is 6.00. The van der Waals surface area contributed by atoms with Crippen molar-refractivity contribution >= 4 is 0 Å². The van der Waals surface area contributed by atoms with E-state index in [1.807, 2.05) is 12.3 Å². The van der Waals surface area contributed by atoms with E-state index in [1.54, 1.807) is 6.26 Å². The van der Waals surface area contributed by atoms with E-state index in [9.17, 15) is 0 Å². The monoisotopic (exact) mass is 315 g/mol. The fourth-order valence-electron chi connectivity index (χ4n) is 3.35. The van der Waals surface area contributed by atoms with Gasteiger partial charge in [0.1, 0.15) is 0 Å². The summed E-state index contributed by atoms with van der Waals surface area (Å²) in [5, 5.41) is 4.75. The molecule has 1 saturated carbocycles. The van der Waals surface area contributed by atoms with Gasteiger partial charge in [0, 0.05) is 56.0 Å². The number of rotatable bonds is 7. The number of ether oxygens (including phenoxy) is 1. The Bertz CT molecular complexity index is 631. The minimum atomic E-state index is 0.421. The van der Waals surface area contributed by atoms with Crippen molar-refractivity contribution < 1.29 is 9.15 Å². The zero-order chi connectivity index (χ0) is 15.6. The van der Waals surface area contributed by atoms with Crippen molar-refractivity contribution in [2.45, 2.75) is 45.3 Å². The molecular formula is C18H25N3O2. The molecule has 5 heteroatoms. The molecule has 1 atom stereocenters. The molecule has 0 radical (unpaired) electrons. The van der Waals surface area contributed by atoms with E-state index in [1.165, 1.54) is 29.7 Å². The van der Waals surface area contributed by atoms with Gasteiger partial charge in [-0.1, -0.05) is 0 Å². The van der Waals surface area contributed by atoms with Crippen LogP contribution in [0.3, 0.4) is 0 Å². The summed E-state index contributed by atoms with van der Waals surface area (Å²) in [5.74, 6) is 1.24. The molecule has 0 aromatic carbocycles. The smallest absolute Gasteiger partial charge is 0.0947 e. The van der Waals surface area contributed by atoms with E-state index < -0.39 is 0 Å². The lowest BCUT2D eigenvalue weighted by molar-refractivity contribution is 0.0890. The van der Waals surface area contributed by atoms with E-state index in [4.69, 9.17) is 14.3 Å². The van der Waals surface area contributed by atoms with Gasteiger partial charge >= 0.3 is 0 Å². The molecule has 0 amide bonds. The molecule has 4 rings (SSSR count). The van der Waals surface area contributed by atoms with Crippen molar-refractivity contribution in [3.63, 3.8) is 0 Å². The predicted molar refractivity (Wildman–Crippen MR) is 87.0 cm³/mol. The van der Waals surface area contributed by atoms with Gasteiger partial charge in [-0.3, -0.25) is 9.58 Å². The van der Waals surface area contributed by atoms with Crippen molar-refractivity contribution in [3.05, 3.63) is 41.6 Å². The third-order valence-electron chi connectivity index (χ3n) is 4.84. The third-order valence-corrected chi connectivity index (χ3v) is 4.84. The second-order valence-corrected chi connectivity index (χ2v) is 6.87. The van der Waals surface area contributed by atoms with Crippen molar-refractivity contribution in [3.8, 4) is 0 Å². The Morgan fingerprint density at radius 1 is 1.35 bits per heavy atom. The minimum absolute atomic E-state index is 0.421. The van der Waals surface area contributed by atoms with Crippen LogP contribution in [0.15, 0.2) is 29.2 Å². The molecule has 0 unspecified atom stereocenters. The fourth-order valence-corrected chi connectivity index (χ4v) is 3.35. The van der Waals surface area contributed by atoms with Gasteiger partial charge in [-0.05, 0) is 31.7 Å². The molecule has 0 saturated heterocycles. The molecular weight excluding hydrogens is 290 g/mol. The first-order valence-corrected chi connectivity index (χ1v) is 8.69. The first kappa shape index (κ1) is 15.0. The summed E-state index contributed by atoms with van der Waals surface area (Å²) in [4.78, 5) is 2.45. The summed E-state index contributed by atoms with van der Waals surface area (Å²) in [6, 6.07) is 2.04. The van der Waals surface area contributed by atoms with E-state index in [0.29, 0.717) is 5.92 Å². The Morgan fingerprint density at radius 2 is 2.26 bits per heavy atom. The van der Waals surface area contributed by atoms with Crippen molar-refractivity contribution in [2.24, 2.45) is 5.92 Å². The maximum Gasteiger partial charge on any atom is 0.0947 e. The van der Waals surface area contributed by atoms with Crippen LogP contribution in [0.2, 0.25) is 0 Å². The first-order chi connectivity index (χ1) is 11.3. The number of aromatic nitrogens is 2. The summed E-state index contributed by atoms with van der Waals surface area (Å²) in [6.45, 7) is 7.64. The van der Waals surface area contributed by atoms with Gasteiger partial charge in [0.05, 0.1) is 24.8 Å². The number of fused-ring (bicyclic) bond motifs is 1. The Kier molecular flexibility index (Phi) is 4.23. The summed E-state index contributed by atoms with van der Waals surface area (Å²) in [6.07, 6.45) is 8.48. The Labute approximate surface area is 137 Å². The highest BCUT2D eigenvalue weighted by molar-refractivity contribution is 5.26. The van der Waals surface area contributed by atoms with E-state index in [0.717, 1.165) is 45.3 Å². The Hall–Kier alpha value is -1.59. The lowest BCUT2D eigenvalue weighted by Crippen LogP contribution is -2.34. The van der Waals surface area contributed by atoms with Crippen LogP contribution in [0, 0.1) is 5.92 Å². The van der Waals surface area contributed by atoms with E-state index in [2.05, 4.69) is 22.7 Å². The Morgan fingerprint density at radius 3 is 3.00 bits per heavy atom. The topological polar surface area (TPSA) is 43.4 Å².